The van der Waals surface area contributed by atoms with Gasteiger partial charge in [-0.1, -0.05) is 12.1 Å². The maximum absolute atomic E-state index is 9.32. The van der Waals surface area contributed by atoms with Gasteiger partial charge in [-0.05, 0) is 66.8 Å². The van der Waals surface area contributed by atoms with Gasteiger partial charge >= 0.3 is 0 Å². The van der Waals surface area contributed by atoms with Crippen molar-refractivity contribution in [3.05, 3.63) is 58.7 Å². The summed E-state index contributed by atoms with van der Waals surface area (Å²) < 4.78 is 5.58. The first kappa shape index (κ1) is 14.4. The molecule has 2 rings (SSSR count). The van der Waals surface area contributed by atoms with Crippen LogP contribution in [0.25, 0.3) is 0 Å². The molecule has 20 heavy (non-hydrogen) atoms. The van der Waals surface area contributed by atoms with Crippen molar-refractivity contribution < 1.29 is 9.84 Å². The van der Waals surface area contributed by atoms with Gasteiger partial charge in [-0.25, -0.2) is 0 Å². The Balaban J connectivity index is 2.21. The molecule has 0 aromatic heterocycles. The number of benzene rings is 2. The van der Waals surface area contributed by atoms with Crippen LogP contribution in [0.5, 0.6) is 11.5 Å². The molecule has 0 atom stereocenters. The molecule has 0 heterocycles. The van der Waals surface area contributed by atoms with E-state index in [2.05, 4.69) is 26.0 Å². The Morgan fingerprint density at radius 1 is 1.05 bits per heavy atom. The molecule has 3 nitrogen and oxygen atoms in total. The predicted octanol–water partition coefficient (Wildman–Crippen LogP) is 2.94. The van der Waals surface area contributed by atoms with Crippen molar-refractivity contribution in [1.82, 2.24) is 0 Å². The molecule has 0 amide bonds. The summed E-state index contributed by atoms with van der Waals surface area (Å²) in [6.07, 6.45) is 0.856. The molecule has 2 aromatic carbocycles. The second-order valence-electron chi connectivity index (χ2n) is 5.02. The van der Waals surface area contributed by atoms with E-state index in [1.54, 1.807) is 12.1 Å². The lowest BCUT2D eigenvalue weighted by molar-refractivity contribution is 0.328. The smallest absolute Gasteiger partial charge is 0.119 e. The van der Waals surface area contributed by atoms with Crippen LogP contribution in [0.2, 0.25) is 0 Å². The van der Waals surface area contributed by atoms with Crippen molar-refractivity contribution in [2.75, 3.05) is 13.2 Å². The summed E-state index contributed by atoms with van der Waals surface area (Å²) in [5.41, 5.74) is 10.4. The summed E-state index contributed by atoms with van der Waals surface area (Å²) in [5, 5.41) is 9.32. The van der Waals surface area contributed by atoms with E-state index in [1.165, 1.54) is 22.3 Å². The van der Waals surface area contributed by atoms with Crippen LogP contribution in [-0.4, -0.2) is 18.3 Å². The molecule has 0 unspecified atom stereocenters. The monoisotopic (exact) mass is 271 g/mol. The maximum Gasteiger partial charge on any atom is 0.119 e. The topological polar surface area (TPSA) is 55.5 Å². The molecule has 0 saturated heterocycles. The van der Waals surface area contributed by atoms with Gasteiger partial charge in [0.1, 0.15) is 18.1 Å². The van der Waals surface area contributed by atoms with Crippen LogP contribution in [-0.2, 0) is 6.42 Å². The van der Waals surface area contributed by atoms with Crippen molar-refractivity contribution in [2.24, 2.45) is 5.73 Å². The Bertz CT molecular complexity index is 553. The molecule has 0 fully saturated rings. The molecule has 0 aliphatic rings. The summed E-state index contributed by atoms with van der Waals surface area (Å²) in [6.45, 7) is 5.25. The summed E-state index contributed by atoms with van der Waals surface area (Å²) in [4.78, 5) is 0. The fourth-order valence-electron chi connectivity index (χ4n) is 2.31. The van der Waals surface area contributed by atoms with E-state index in [-0.39, 0.29) is 0 Å². The van der Waals surface area contributed by atoms with Crippen LogP contribution in [0.4, 0.5) is 0 Å². The highest BCUT2D eigenvalue weighted by Gasteiger charge is 2.07. The first-order valence-corrected chi connectivity index (χ1v) is 6.81. The second-order valence-corrected chi connectivity index (χ2v) is 5.02. The van der Waals surface area contributed by atoms with Gasteiger partial charge in [0, 0.05) is 6.54 Å². The van der Waals surface area contributed by atoms with Crippen LogP contribution < -0.4 is 10.5 Å². The fourth-order valence-corrected chi connectivity index (χ4v) is 2.31. The fraction of sp³-hybridized carbons (Fsp3) is 0.294. The Labute approximate surface area is 120 Å². The molecule has 0 aliphatic heterocycles. The number of aromatic hydroxyl groups is 1. The molecular weight excluding hydrogens is 250 g/mol. The zero-order chi connectivity index (χ0) is 14.5. The van der Waals surface area contributed by atoms with Crippen LogP contribution in [0.1, 0.15) is 22.3 Å². The minimum Gasteiger partial charge on any atom is -0.508 e. The van der Waals surface area contributed by atoms with Crippen molar-refractivity contribution in [3.8, 4) is 11.5 Å². The highest BCUT2D eigenvalue weighted by Crippen LogP contribution is 2.24. The van der Waals surface area contributed by atoms with Gasteiger partial charge in [0.05, 0.1) is 0 Å². The number of hydrogen-bond donors (Lipinski definition) is 2. The van der Waals surface area contributed by atoms with E-state index in [9.17, 15) is 5.11 Å². The number of phenols is 1. The Morgan fingerprint density at radius 2 is 1.65 bits per heavy atom. The average Bonchev–Trinajstić information content (AvgIpc) is 2.42. The van der Waals surface area contributed by atoms with E-state index >= 15 is 0 Å². The van der Waals surface area contributed by atoms with E-state index in [4.69, 9.17) is 10.5 Å². The van der Waals surface area contributed by atoms with Crippen molar-refractivity contribution in [3.63, 3.8) is 0 Å². The number of hydrogen-bond acceptors (Lipinski definition) is 3. The highest BCUT2D eigenvalue weighted by molar-refractivity contribution is 5.44. The van der Waals surface area contributed by atoms with E-state index in [0.29, 0.717) is 18.9 Å². The Kier molecular flexibility index (Phi) is 4.64. The molecule has 0 spiro atoms. The van der Waals surface area contributed by atoms with Crippen molar-refractivity contribution in [1.29, 1.82) is 0 Å². The molecule has 3 heteroatoms. The van der Waals surface area contributed by atoms with Crippen LogP contribution in [0.15, 0.2) is 36.4 Å². The molecule has 0 saturated carbocycles. The lowest BCUT2D eigenvalue weighted by Crippen LogP contribution is -2.11. The lowest BCUT2D eigenvalue weighted by Gasteiger charge is -2.13. The predicted molar refractivity (Wildman–Crippen MR) is 81.4 cm³/mol. The lowest BCUT2D eigenvalue weighted by atomic mass is 9.96. The quantitative estimate of drug-likeness (QED) is 0.879. The molecular formula is C17H21NO2. The first-order chi connectivity index (χ1) is 9.60. The number of ether oxygens (including phenoxy) is 1. The summed E-state index contributed by atoms with van der Waals surface area (Å²) in [6, 6.07) is 11.5. The van der Waals surface area contributed by atoms with Gasteiger partial charge in [0.25, 0.3) is 0 Å². The molecule has 106 valence electrons. The van der Waals surface area contributed by atoms with Gasteiger partial charge in [-0.2, -0.15) is 0 Å². The van der Waals surface area contributed by atoms with Crippen molar-refractivity contribution >= 4 is 0 Å². The molecule has 0 bridgehead atoms. The largest absolute Gasteiger partial charge is 0.508 e. The number of aryl methyl sites for hydroxylation is 2. The third kappa shape index (κ3) is 3.52. The number of rotatable bonds is 5. The third-order valence-corrected chi connectivity index (χ3v) is 3.37. The minimum atomic E-state index is 0.299. The minimum absolute atomic E-state index is 0.299. The van der Waals surface area contributed by atoms with Gasteiger partial charge in [0.2, 0.25) is 0 Å². The standard InChI is InChI=1S/C17H21NO2/c1-12-9-16(20-8-7-18)10-13(2)17(12)11-14-3-5-15(19)6-4-14/h3-6,9-10,19H,7-8,11,18H2,1-2H3. The zero-order valence-electron chi connectivity index (χ0n) is 12.0. The zero-order valence-corrected chi connectivity index (χ0v) is 12.0. The van der Waals surface area contributed by atoms with Gasteiger partial charge in [-0.3, -0.25) is 0 Å². The van der Waals surface area contributed by atoms with E-state index in [1.807, 2.05) is 12.1 Å². The average molecular weight is 271 g/mol. The maximum atomic E-state index is 9.32. The van der Waals surface area contributed by atoms with Crippen molar-refractivity contribution in [2.45, 2.75) is 20.3 Å². The second kappa shape index (κ2) is 6.44. The van der Waals surface area contributed by atoms with Gasteiger partial charge < -0.3 is 15.6 Å². The highest BCUT2D eigenvalue weighted by atomic mass is 16.5. The van der Waals surface area contributed by atoms with E-state index < -0.39 is 0 Å². The van der Waals surface area contributed by atoms with E-state index in [0.717, 1.165) is 12.2 Å². The van der Waals surface area contributed by atoms with Crippen LogP contribution >= 0.6 is 0 Å². The van der Waals surface area contributed by atoms with Crippen LogP contribution in [0.3, 0.4) is 0 Å². The van der Waals surface area contributed by atoms with Gasteiger partial charge in [0.15, 0.2) is 0 Å². The normalized spacial score (nSPS) is 10.6. The Morgan fingerprint density at radius 3 is 2.20 bits per heavy atom. The first-order valence-electron chi connectivity index (χ1n) is 6.81. The SMILES string of the molecule is Cc1cc(OCCN)cc(C)c1Cc1ccc(O)cc1. The number of nitrogens with two attached hydrogens (primary N) is 1. The molecule has 3 N–H and O–H groups in total. The molecule has 0 aliphatic carbocycles. The molecule has 2 aromatic rings. The summed E-state index contributed by atoms with van der Waals surface area (Å²) >= 11 is 0. The summed E-state index contributed by atoms with van der Waals surface area (Å²) in [5.74, 6) is 1.17. The van der Waals surface area contributed by atoms with Crippen LogP contribution in [0, 0.1) is 13.8 Å². The molecule has 0 radical (unpaired) electrons. The van der Waals surface area contributed by atoms with Gasteiger partial charge in [-0.15, -0.1) is 0 Å². The third-order valence-electron chi connectivity index (χ3n) is 3.37. The Hall–Kier alpha value is -2.00. The summed E-state index contributed by atoms with van der Waals surface area (Å²) in [7, 11) is 0. The number of phenolic OH excluding ortho intramolecular Hbond substituents is 1.